The largest absolute Gasteiger partial charge is 0.494 e. The van der Waals surface area contributed by atoms with Crippen molar-refractivity contribution in [2.24, 2.45) is 0 Å². The van der Waals surface area contributed by atoms with Gasteiger partial charge in [0.25, 0.3) is 5.91 Å². The van der Waals surface area contributed by atoms with Crippen molar-refractivity contribution in [2.45, 2.75) is 18.6 Å². The van der Waals surface area contributed by atoms with E-state index in [1.165, 1.54) is 19.2 Å². The molecule has 1 amide bonds. The Labute approximate surface area is 123 Å². The van der Waals surface area contributed by atoms with E-state index < -0.39 is 5.82 Å². The number of methoxy groups -OCH3 is 3. The van der Waals surface area contributed by atoms with Crippen molar-refractivity contribution in [3.8, 4) is 5.75 Å². The first kappa shape index (κ1) is 15.7. The van der Waals surface area contributed by atoms with Crippen LogP contribution in [-0.4, -0.2) is 57.4 Å². The fourth-order valence-corrected chi connectivity index (χ4v) is 2.63. The van der Waals surface area contributed by atoms with Crippen molar-refractivity contribution < 1.29 is 23.4 Å². The number of carbonyl (C=O) groups is 1. The maximum atomic E-state index is 14.2. The summed E-state index contributed by atoms with van der Waals surface area (Å²) in [5.74, 6) is -0.943. The lowest BCUT2D eigenvalue weighted by Gasteiger charge is -2.24. The molecule has 0 aliphatic carbocycles. The van der Waals surface area contributed by atoms with Gasteiger partial charge < -0.3 is 19.1 Å². The van der Waals surface area contributed by atoms with Crippen molar-refractivity contribution in [1.82, 2.24) is 4.90 Å². The van der Waals surface area contributed by atoms with Crippen LogP contribution in [0.25, 0.3) is 0 Å². The van der Waals surface area contributed by atoms with Gasteiger partial charge in [-0.15, -0.1) is 0 Å². The summed E-state index contributed by atoms with van der Waals surface area (Å²) in [6.45, 7) is 0.831. The first-order valence-corrected chi connectivity index (χ1v) is 6.77. The predicted molar refractivity (Wildman–Crippen MR) is 75.1 cm³/mol. The van der Waals surface area contributed by atoms with Crippen LogP contribution in [0.4, 0.5) is 4.39 Å². The second kappa shape index (κ2) is 6.87. The van der Waals surface area contributed by atoms with Gasteiger partial charge in [-0.25, -0.2) is 4.39 Å². The molecule has 0 spiro atoms. The Morgan fingerprint density at radius 3 is 2.76 bits per heavy atom. The summed E-state index contributed by atoms with van der Waals surface area (Å²) in [7, 11) is 4.56. The fourth-order valence-electron chi connectivity index (χ4n) is 2.63. The van der Waals surface area contributed by atoms with Gasteiger partial charge in [0.05, 0.1) is 31.4 Å². The van der Waals surface area contributed by atoms with Crippen LogP contribution < -0.4 is 4.74 Å². The van der Waals surface area contributed by atoms with E-state index in [9.17, 15) is 9.18 Å². The average molecular weight is 297 g/mol. The number of amides is 1. The number of nitrogens with zero attached hydrogens (tertiary/aromatic N) is 1. The molecule has 1 heterocycles. The van der Waals surface area contributed by atoms with Crippen LogP contribution in [0.5, 0.6) is 5.75 Å². The van der Waals surface area contributed by atoms with Gasteiger partial charge in [0, 0.05) is 20.8 Å². The van der Waals surface area contributed by atoms with Crippen LogP contribution in [0.1, 0.15) is 16.8 Å². The summed E-state index contributed by atoms with van der Waals surface area (Å²) in [5, 5.41) is 0. The Balaban J connectivity index is 2.26. The number of rotatable bonds is 5. The Bertz CT molecular complexity index is 508. The molecule has 0 aromatic heterocycles. The highest BCUT2D eigenvalue weighted by molar-refractivity contribution is 5.95. The standard InChI is InChI=1S/C15H20FNO4/c1-19-9-10-7-11(20-2)8-17(10)15(18)12-5-4-6-13(21-3)14(12)16/h4-6,10-11H,7-9H2,1-3H3/t10-,11-/m0/s1. The molecule has 0 radical (unpaired) electrons. The summed E-state index contributed by atoms with van der Waals surface area (Å²) >= 11 is 0. The average Bonchev–Trinajstić information content (AvgIpc) is 2.90. The van der Waals surface area contributed by atoms with Crippen molar-refractivity contribution in [1.29, 1.82) is 0 Å². The van der Waals surface area contributed by atoms with Crippen molar-refractivity contribution in [3.05, 3.63) is 29.6 Å². The summed E-state index contributed by atoms with van der Waals surface area (Å²) < 4.78 is 29.6. The van der Waals surface area contributed by atoms with Crippen LogP contribution in [0.15, 0.2) is 18.2 Å². The van der Waals surface area contributed by atoms with Crippen LogP contribution in [0, 0.1) is 5.82 Å². The van der Waals surface area contributed by atoms with E-state index in [2.05, 4.69) is 0 Å². The van der Waals surface area contributed by atoms with Crippen molar-refractivity contribution >= 4 is 5.91 Å². The minimum absolute atomic E-state index is 0.00667. The summed E-state index contributed by atoms with van der Waals surface area (Å²) in [4.78, 5) is 14.2. The van der Waals surface area contributed by atoms with E-state index in [4.69, 9.17) is 14.2 Å². The van der Waals surface area contributed by atoms with Gasteiger partial charge in [-0.3, -0.25) is 4.79 Å². The van der Waals surface area contributed by atoms with E-state index >= 15 is 0 Å². The van der Waals surface area contributed by atoms with E-state index in [-0.39, 0.29) is 29.4 Å². The van der Waals surface area contributed by atoms with Crippen molar-refractivity contribution in [2.75, 3.05) is 34.5 Å². The molecule has 2 rings (SSSR count). The summed E-state index contributed by atoms with van der Waals surface area (Å²) in [5.41, 5.74) is 0.00667. The van der Waals surface area contributed by atoms with E-state index in [1.54, 1.807) is 25.2 Å². The molecule has 1 fully saturated rings. The zero-order valence-electron chi connectivity index (χ0n) is 12.5. The normalized spacial score (nSPS) is 21.6. The summed E-state index contributed by atoms with van der Waals surface area (Å²) in [6.07, 6.45) is 0.629. The Morgan fingerprint density at radius 1 is 1.38 bits per heavy atom. The lowest BCUT2D eigenvalue weighted by Crippen LogP contribution is -2.38. The second-order valence-corrected chi connectivity index (χ2v) is 4.98. The SMILES string of the molecule is COC[C@@H]1C[C@H](OC)CN1C(=O)c1cccc(OC)c1F. The second-order valence-electron chi connectivity index (χ2n) is 4.98. The molecule has 0 unspecified atom stereocenters. The van der Waals surface area contributed by atoms with Crippen LogP contribution >= 0.6 is 0 Å². The lowest BCUT2D eigenvalue weighted by molar-refractivity contribution is 0.0607. The third kappa shape index (κ3) is 3.16. The number of halogens is 1. The topological polar surface area (TPSA) is 48.0 Å². The number of carbonyl (C=O) groups excluding carboxylic acids is 1. The molecule has 1 saturated heterocycles. The molecule has 116 valence electrons. The quantitative estimate of drug-likeness (QED) is 0.830. The molecule has 5 nitrogen and oxygen atoms in total. The molecule has 0 bridgehead atoms. The fraction of sp³-hybridized carbons (Fsp3) is 0.533. The number of hydrogen-bond donors (Lipinski definition) is 0. The molecule has 0 saturated carbocycles. The van der Waals surface area contributed by atoms with Crippen molar-refractivity contribution in [3.63, 3.8) is 0 Å². The maximum Gasteiger partial charge on any atom is 0.257 e. The number of ether oxygens (including phenoxy) is 3. The monoisotopic (exact) mass is 297 g/mol. The molecule has 6 heteroatoms. The third-order valence-corrected chi connectivity index (χ3v) is 3.74. The maximum absolute atomic E-state index is 14.2. The minimum Gasteiger partial charge on any atom is -0.494 e. The molecule has 1 aliphatic rings. The zero-order chi connectivity index (χ0) is 15.4. The molecular formula is C15H20FNO4. The predicted octanol–water partition coefficient (Wildman–Crippen LogP) is 1.71. The number of likely N-dealkylation sites (tertiary alicyclic amines) is 1. The van der Waals surface area contributed by atoms with Gasteiger partial charge >= 0.3 is 0 Å². The minimum atomic E-state index is -0.637. The highest BCUT2D eigenvalue weighted by Crippen LogP contribution is 2.26. The zero-order valence-corrected chi connectivity index (χ0v) is 12.5. The molecule has 21 heavy (non-hydrogen) atoms. The molecule has 1 aromatic rings. The number of hydrogen-bond acceptors (Lipinski definition) is 4. The van der Waals surface area contributed by atoms with E-state index in [0.717, 1.165) is 0 Å². The Hall–Kier alpha value is -1.66. The highest BCUT2D eigenvalue weighted by atomic mass is 19.1. The smallest absolute Gasteiger partial charge is 0.257 e. The lowest BCUT2D eigenvalue weighted by atomic mass is 10.1. The molecule has 2 atom stereocenters. The summed E-state index contributed by atoms with van der Waals surface area (Å²) in [6, 6.07) is 4.44. The van der Waals surface area contributed by atoms with E-state index in [0.29, 0.717) is 19.6 Å². The van der Waals surface area contributed by atoms with Gasteiger partial charge in [-0.05, 0) is 18.6 Å². The Kier molecular flexibility index (Phi) is 5.14. The first-order valence-electron chi connectivity index (χ1n) is 6.77. The van der Waals surface area contributed by atoms with Gasteiger partial charge in [0.1, 0.15) is 0 Å². The number of benzene rings is 1. The molecule has 1 aliphatic heterocycles. The first-order chi connectivity index (χ1) is 10.1. The van der Waals surface area contributed by atoms with Gasteiger partial charge in [0.2, 0.25) is 0 Å². The van der Waals surface area contributed by atoms with E-state index in [1.807, 2.05) is 0 Å². The Morgan fingerprint density at radius 2 is 2.14 bits per heavy atom. The molecule has 1 aromatic carbocycles. The van der Waals surface area contributed by atoms with Crippen LogP contribution in [0.3, 0.4) is 0 Å². The van der Waals surface area contributed by atoms with Gasteiger partial charge in [-0.1, -0.05) is 6.07 Å². The van der Waals surface area contributed by atoms with Crippen LogP contribution in [-0.2, 0) is 9.47 Å². The molecular weight excluding hydrogens is 277 g/mol. The third-order valence-electron chi connectivity index (χ3n) is 3.74. The molecule has 0 N–H and O–H groups in total. The van der Waals surface area contributed by atoms with Gasteiger partial charge in [-0.2, -0.15) is 0 Å². The van der Waals surface area contributed by atoms with Crippen LogP contribution in [0.2, 0.25) is 0 Å². The highest BCUT2D eigenvalue weighted by Gasteiger charge is 2.36. The van der Waals surface area contributed by atoms with Gasteiger partial charge in [0.15, 0.2) is 11.6 Å².